The van der Waals surface area contributed by atoms with Gasteiger partial charge in [-0.25, -0.2) is 13.1 Å². The van der Waals surface area contributed by atoms with Crippen LogP contribution in [0.1, 0.15) is 36.0 Å². The first-order chi connectivity index (χ1) is 9.92. The third kappa shape index (κ3) is 5.62. The van der Waals surface area contributed by atoms with Gasteiger partial charge in [0.05, 0.1) is 4.90 Å². The van der Waals surface area contributed by atoms with E-state index in [9.17, 15) is 8.42 Å². The highest BCUT2D eigenvalue weighted by molar-refractivity contribution is 7.98. The van der Waals surface area contributed by atoms with Gasteiger partial charge in [-0.1, -0.05) is 12.5 Å². The molecule has 0 radical (unpaired) electrons. The maximum Gasteiger partial charge on any atom is 0.240 e. The number of rotatable bonds is 9. The Bertz CT molecular complexity index is 557. The fourth-order valence-electron chi connectivity index (χ4n) is 2.13. The molecule has 6 heteroatoms. The Kier molecular flexibility index (Phi) is 7.73. The summed E-state index contributed by atoms with van der Waals surface area (Å²) >= 11 is 1.82. The summed E-state index contributed by atoms with van der Waals surface area (Å²) in [7, 11) is -3.45. The number of benzene rings is 1. The predicted octanol–water partition coefficient (Wildman–Crippen LogP) is 2.57. The third-order valence-electron chi connectivity index (χ3n) is 3.52. The van der Waals surface area contributed by atoms with E-state index in [2.05, 4.69) is 11.0 Å². The molecule has 0 heterocycles. The van der Waals surface area contributed by atoms with Gasteiger partial charge in [-0.2, -0.15) is 11.8 Å². The molecule has 21 heavy (non-hydrogen) atoms. The summed E-state index contributed by atoms with van der Waals surface area (Å²) in [6, 6.07) is 3.62. The second-order valence-electron chi connectivity index (χ2n) is 5.19. The van der Waals surface area contributed by atoms with Crippen LogP contribution in [0.2, 0.25) is 0 Å². The van der Waals surface area contributed by atoms with E-state index in [1.165, 1.54) is 0 Å². The average molecular weight is 331 g/mol. The summed E-state index contributed by atoms with van der Waals surface area (Å²) in [6.07, 6.45) is 5.13. The van der Waals surface area contributed by atoms with Crippen molar-refractivity contribution in [2.45, 2.75) is 44.6 Å². The molecule has 0 atom stereocenters. The lowest BCUT2D eigenvalue weighted by Crippen LogP contribution is -2.26. The molecule has 1 aromatic carbocycles. The molecule has 1 aromatic rings. The van der Waals surface area contributed by atoms with Crippen LogP contribution in [-0.2, 0) is 16.6 Å². The molecule has 0 aromatic heterocycles. The minimum absolute atomic E-state index is 0.346. The Morgan fingerprint density at radius 2 is 1.90 bits per heavy atom. The molecule has 0 saturated carbocycles. The molecule has 0 bridgehead atoms. The van der Waals surface area contributed by atoms with Gasteiger partial charge in [0.15, 0.2) is 0 Å². The van der Waals surface area contributed by atoms with Crippen LogP contribution in [-0.4, -0.2) is 27.0 Å². The minimum Gasteiger partial charge on any atom is -0.326 e. The molecular weight excluding hydrogens is 304 g/mol. The quantitative estimate of drug-likeness (QED) is 0.683. The van der Waals surface area contributed by atoms with Gasteiger partial charge in [0.2, 0.25) is 10.0 Å². The number of thioether (sulfide) groups is 1. The smallest absolute Gasteiger partial charge is 0.240 e. The summed E-state index contributed by atoms with van der Waals surface area (Å²) in [5.41, 5.74) is 8.23. The number of sulfonamides is 1. The molecule has 1 rings (SSSR count). The van der Waals surface area contributed by atoms with Crippen LogP contribution >= 0.6 is 11.8 Å². The summed E-state index contributed by atoms with van der Waals surface area (Å²) < 4.78 is 27.5. The topological polar surface area (TPSA) is 72.2 Å². The van der Waals surface area contributed by atoms with E-state index in [4.69, 9.17) is 5.73 Å². The summed E-state index contributed by atoms with van der Waals surface area (Å²) in [6.45, 7) is 4.58. The van der Waals surface area contributed by atoms with Crippen LogP contribution in [0, 0.1) is 13.8 Å². The highest BCUT2D eigenvalue weighted by atomic mass is 32.2. The van der Waals surface area contributed by atoms with Gasteiger partial charge in [-0.05, 0) is 61.5 Å². The van der Waals surface area contributed by atoms with E-state index in [0.717, 1.165) is 41.7 Å². The van der Waals surface area contributed by atoms with Crippen LogP contribution in [0.4, 0.5) is 0 Å². The third-order valence-corrected chi connectivity index (χ3v) is 5.81. The first-order valence-corrected chi connectivity index (χ1v) is 10.1. The summed E-state index contributed by atoms with van der Waals surface area (Å²) in [5.74, 6) is 1.13. The maximum absolute atomic E-state index is 12.4. The number of aryl methyl sites for hydroxylation is 1. The molecule has 0 amide bonds. The minimum atomic E-state index is -3.45. The molecular formula is C15H26N2O2S2. The second-order valence-corrected chi connectivity index (χ2v) is 7.91. The van der Waals surface area contributed by atoms with Crippen LogP contribution in [0.25, 0.3) is 0 Å². The van der Waals surface area contributed by atoms with Crippen molar-refractivity contribution < 1.29 is 8.42 Å². The summed E-state index contributed by atoms with van der Waals surface area (Å²) in [5, 5.41) is 0. The van der Waals surface area contributed by atoms with Crippen molar-refractivity contribution in [3.05, 3.63) is 28.8 Å². The van der Waals surface area contributed by atoms with Crippen molar-refractivity contribution in [1.82, 2.24) is 4.72 Å². The molecule has 4 nitrogen and oxygen atoms in total. The van der Waals surface area contributed by atoms with Gasteiger partial charge in [0.1, 0.15) is 0 Å². The maximum atomic E-state index is 12.4. The predicted molar refractivity (Wildman–Crippen MR) is 91.2 cm³/mol. The van der Waals surface area contributed by atoms with Crippen molar-refractivity contribution >= 4 is 21.8 Å². The van der Waals surface area contributed by atoms with E-state index >= 15 is 0 Å². The lowest BCUT2D eigenvalue weighted by Gasteiger charge is -2.13. The first-order valence-electron chi connectivity index (χ1n) is 7.21. The van der Waals surface area contributed by atoms with Crippen LogP contribution < -0.4 is 10.5 Å². The molecule has 0 aliphatic heterocycles. The standard InChI is InChI=1S/C15H26N2O2S2/c1-12-9-14(11-16)10-15(13(12)2)21(18,19)17-7-5-4-6-8-20-3/h9-10,17H,4-8,11,16H2,1-3H3. The number of hydrogen-bond acceptors (Lipinski definition) is 4. The fraction of sp³-hybridized carbons (Fsp3) is 0.600. The van der Waals surface area contributed by atoms with Gasteiger partial charge in [0, 0.05) is 13.1 Å². The average Bonchev–Trinajstić information content (AvgIpc) is 2.45. The number of nitrogens with one attached hydrogen (secondary N) is 1. The zero-order chi connectivity index (χ0) is 15.9. The first kappa shape index (κ1) is 18.5. The van der Waals surface area contributed by atoms with Crippen molar-refractivity contribution in [3.8, 4) is 0 Å². The van der Waals surface area contributed by atoms with Crippen molar-refractivity contribution in [3.63, 3.8) is 0 Å². The lowest BCUT2D eigenvalue weighted by molar-refractivity contribution is 0.575. The van der Waals surface area contributed by atoms with Gasteiger partial charge in [-0.3, -0.25) is 0 Å². The van der Waals surface area contributed by atoms with Gasteiger partial charge >= 0.3 is 0 Å². The molecule has 0 fully saturated rings. The lowest BCUT2D eigenvalue weighted by atomic mass is 10.1. The monoisotopic (exact) mass is 330 g/mol. The van der Waals surface area contributed by atoms with E-state index in [1.54, 1.807) is 6.07 Å². The van der Waals surface area contributed by atoms with Crippen LogP contribution in [0.3, 0.4) is 0 Å². The SMILES string of the molecule is CSCCCCCNS(=O)(=O)c1cc(CN)cc(C)c1C. The fourth-order valence-corrected chi connectivity index (χ4v) is 4.06. The van der Waals surface area contributed by atoms with E-state index in [1.807, 2.05) is 31.7 Å². The van der Waals surface area contributed by atoms with Crippen LogP contribution in [0.15, 0.2) is 17.0 Å². The molecule has 0 saturated heterocycles. The van der Waals surface area contributed by atoms with Gasteiger partial charge in [-0.15, -0.1) is 0 Å². The Morgan fingerprint density at radius 3 is 2.52 bits per heavy atom. The molecule has 120 valence electrons. The highest BCUT2D eigenvalue weighted by Gasteiger charge is 2.18. The zero-order valence-electron chi connectivity index (χ0n) is 13.1. The normalized spacial score (nSPS) is 11.8. The van der Waals surface area contributed by atoms with Gasteiger partial charge in [0.25, 0.3) is 0 Å². The molecule has 0 spiro atoms. The number of hydrogen-bond donors (Lipinski definition) is 2. The number of unbranched alkanes of at least 4 members (excludes halogenated alkanes) is 2. The van der Waals surface area contributed by atoms with E-state index in [0.29, 0.717) is 18.0 Å². The zero-order valence-corrected chi connectivity index (χ0v) is 14.7. The summed E-state index contributed by atoms with van der Waals surface area (Å²) in [4.78, 5) is 0.354. The Balaban J connectivity index is 2.72. The van der Waals surface area contributed by atoms with E-state index < -0.39 is 10.0 Å². The molecule has 3 N–H and O–H groups in total. The Labute approximate surface area is 132 Å². The highest BCUT2D eigenvalue weighted by Crippen LogP contribution is 2.21. The second kappa shape index (κ2) is 8.78. The van der Waals surface area contributed by atoms with Crippen molar-refractivity contribution in [1.29, 1.82) is 0 Å². The molecule has 0 aliphatic carbocycles. The van der Waals surface area contributed by atoms with E-state index in [-0.39, 0.29) is 0 Å². The Hall–Kier alpha value is -0.560. The number of nitrogens with two attached hydrogens (primary N) is 1. The Morgan fingerprint density at radius 1 is 1.19 bits per heavy atom. The largest absolute Gasteiger partial charge is 0.326 e. The molecule has 0 unspecified atom stereocenters. The van der Waals surface area contributed by atoms with Crippen LogP contribution in [0.5, 0.6) is 0 Å². The molecule has 0 aliphatic rings. The van der Waals surface area contributed by atoms with Gasteiger partial charge < -0.3 is 5.73 Å². The van der Waals surface area contributed by atoms with Crippen molar-refractivity contribution in [2.24, 2.45) is 5.73 Å². The van der Waals surface area contributed by atoms with Crippen molar-refractivity contribution in [2.75, 3.05) is 18.6 Å².